The van der Waals surface area contributed by atoms with E-state index in [0.29, 0.717) is 24.3 Å². The number of thiophene rings is 1. The van der Waals surface area contributed by atoms with E-state index in [9.17, 15) is 19.5 Å². The molecule has 0 fully saturated rings. The number of rotatable bonds is 10. The van der Waals surface area contributed by atoms with Crippen molar-refractivity contribution in [1.29, 1.82) is 0 Å². The third-order valence-electron chi connectivity index (χ3n) is 4.84. The minimum atomic E-state index is -1.15. The predicted octanol–water partition coefficient (Wildman–Crippen LogP) is 6.32. The number of nitrogens with one attached hydrogen (secondary N) is 1. The smallest absolute Gasteiger partial charge is 0.408 e. The van der Waals surface area contributed by atoms with Gasteiger partial charge in [-0.25, -0.2) is 9.59 Å². The number of Topliss-reactive ketones (excluding diaryl/α,β-unsaturated/α-hetero) is 1. The third kappa shape index (κ3) is 7.71. The van der Waals surface area contributed by atoms with Crippen LogP contribution in [-0.4, -0.2) is 22.1 Å². The number of allylic oxidation sites excluding steroid dienone is 2. The molecule has 0 aliphatic carbocycles. The molecule has 2 heterocycles. The number of hydrogen-bond acceptors (Lipinski definition) is 6. The molecule has 0 aliphatic heterocycles. The quantitative estimate of drug-likeness (QED) is 0.241. The number of ketones is 1. The van der Waals surface area contributed by atoms with Gasteiger partial charge in [0.2, 0.25) is 0 Å². The van der Waals surface area contributed by atoms with Gasteiger partial charge >= 0.3 is 11.7 Å². The summed E-state index contributed by atoms with van der Waals surface area (Å²) in [5.41, 5.74) is -0.951. The molecule has 9 heteroatoms. The lowest BCUT2D eigenvalue weighted by molar-refractivity contribution is 0.102. The molecule has 2 aromatic heterocycles. The lowest BCUT2D eigenvalue weighted by Gasteiger charge is -2.11. The molecule has 1 atom stereocenters. The molecule has 0 bridgehead atoms. The molecule has 1 amide bonds. The SMILES string of the molecule is CC(=Cc1cc(Br)c(CC(C)C)s1)C(=O)c1c(O)cc(C(C)CC/C=C/NC(=O)O)oc1=O. The normalized spacial score (nSPS) is 13.0. The Morgan fingerprint density at radius 2 is 1.97 bits per heavy atom. The van der Waals surface area contributed by atoms with Crippen LogP contribution in [0.2, 0.25) is 0 Å². The highest BCUT2D eigenvalue weighted by Gasteiger charge is 2.22. The Morgan fingerprint density at radius 3 is 2.58 bits per heavy atom. The molecular formula is C24H28BrNO6S. The summed E-state index contributed by atoms with van der Waals surface area (Å²) in [5, 5.41) is 21.1. The van der Waals surface area contributed by atoms with Gasteiger partial charge in [-0.2, -0.15) is 0 Å². The maximum Gasteiger partial charge on any atom is 0.408 e. The molecule has 0 aliphatic rings. The number of amides is 1. The Labute approximate surface area is 205 Å². The molecule has 33 heavy (non-hydrogen) atoms. The Bertz CT molecular complexity index is 1130. The summed E-state index contributed by atoms with van der Waals surface area (Å²) in [4.78, 5) is 37.9. The number of hydrogen-bond donors (Lipinski definition) is 3. The molecule has 0 spiro atoms. The van der Waals surface area contributed by atoms with Crippen molar-refractivity contribution in [2.45, 2.75) is 52.9 Å². The van der Waals surface area contributed by atoms with Gasteiger partial charge in [0.25, 0.3) is 0 Å². The minimum Gasteiger partial charge on any atom is -0.507 e. The van der Waals surface area contributed by atoms with E-state index in [1.54, 1.807) is 30.4 Å². The molecule has 0 aromatic carbocycles. The van der Waals surface area contributed by atoms with Gasteiger partial charge in [0.05, 0.1) is 0 Å². The van der Waals surface area contributed by atoms with Crippen LogP contribution in [0.1, 0.15) is 72.3 Å². The first kappa shape index (κ1) is 26.6. The highest BCUT2D eigenvalue weighted by molar-refractivity contribution is 9.10. The molecule has 3 N–H and O–H groups in total. The minimum absolute atomic E-state index is 0.221. The standard InChI is InChI=1S/C24H28BrNO6S/c1-13(2)9-20-17(25)11-16(33-20)10-15(4)22(28)21-18(27)12-19(32-23(21)29)14(3)7-5-6-8-26-24(30)31/h6,8,10-14,26-27H,5,7,9H2,1-4H3,(H,30,31)/b8-6+,15-10?. The van der Waals surface area contributed by atoms with Gasteiger partial charge < -0.3 is 14.6 Å². The molecule has 178 valence electrons. The second-order valence-electron chi connectivity index (χ2n) is 8.20. The molecule has 2 rings (SSSR count). The van der Waals surface area contributed by atoms with Gasteiger partial charge in [0.15, 0.2) is 5.78 Å². The van der Waals surface area contributed by atoms with Crippen LogP contribution in [0.3, 0.4) is 0 Å². The molecule has 1 unspecified atom stereocenters. The first-order valence-corrected chi connectivity index (χ1v) is 12.1. The molecular weight excluding hydrogens is 510 g/mol. The van der Waals surface area contributed by atoms with Crippen molar-refractivity contribution < 1.29 is 24.2 Å². The Kier molecular flexibility index (Phi) is 9.67. The molecule has 0 radical (unpaired) electrons. The zero-order valence-electron chi connectivity index (χ0n) is 19.0. The molecule has 7 nitrogen and oxygen atoms in total. The van der Waals surface area contributed by atoms with E-state index in [0.717, 1.165) is 15.8 Å². The van der Waals surface area contributed by atoms with Gasteiger partial charge in [-0.05, 0) is 65.7 Å². The zero-order valence-corrected chi connectivity index (χ0v) is 21.4. The molecule has 0 saturated carbocycles. The van der Waals surface area contributed by atoms with E-state index in [4.69, 9.17) is 9.52 Å². The summed E-state index contributed by atoms with van der Waals surface area (Å²) in [6.45, 7) is 7.68. The second-order valence-corrected chi connectivity index (χ2v) is 10.2. The predicted molar refractivity (Wildman–Crippen MR) is 133 cm³/mol. The summed E-state index contributed by atoms with van der Waals surface area (Å²) in [5.74, 6) is -0.461. The number of aromatic hydroxyl groups is 1. The van der Waals surface area contributed by atoms with Crippen molar-refractivity contribution in [1.82, 2.24) is 5.32 Å². The molecule has 0 saturated heterocycles. The fourth-order valence-electron chi connectivity index (χ4n) is 3.14. The third-order valence-corrected chi connectivity index (χ3v) is 6.91. The van der Waals surface area contributed by atoms with E-state index >= 15 is 0 Å². The Hall–Kier alpha value is -2.65. The maximum absolute atomic E-state index is 12.9. The van der Waals surface area contributed by atoms with E-state index in [-0.39, 0.29) is 17.2 Å². The number of halogens is 1. The van der Waals surface area contributed by atoms with Crippen LogP contribution in [0.15, 0.2) is 43.7 Å². The van der Waals surface area contributed by atoms with Crippen LogP contribution in [0.4, 0.5) is 4.79 Å². The molecule has 2 aromatic rings. The topological polar surface area (TPSA) is 117 Å². The second kappa shape index (κ2) is 12.0. The van der Waals surface area contributed by atoms with Crippen molar-refractivity contribution in [3.63, 3.8) is 0 Å². The summed E-state index contributed by atoms with van der Waals surface area (Å²) >= 11 is 5.13. The average Bonchev–Trinajstić information content (AvgIpc) is 3.04. The lowest BCUT2D eigenvalue weighted by Crippen LogP contribution is -2.16. The monoisotopic (exact) mass is 537 g/mol. The van der Waals surface area contributed by atoms with Crippen LogP contribution in [0.25, 0.3) is 6.08 Å². The lowest BCUT2D eigenvalue weighted by atomic mass is 10.00. The summed E-state index contributed by atoms with van der Waals surface area (Å²) < 4.78 is 6.32. The van der Waals surface area contributed by atoms with Crippen molar-refractivity contribution in [2.75, 3.05) is 0 Å². The Balaban J connectivity index is 2.17. The van der Waals surface area contributed by atoms with Crippen LogP contribution in [0, 0.1) is 5.92 Å². The first-order chi connectivity index (χ1) is 15.5. The fraction of sp³-hybridized carbons (Fsp3) is 0.375. The number of carbonyl (C=O) groups excluding carboxylic acids is 1. The Morgan fingerprint density at radius 1 is 1.27 bits per heavy atom. The summed E-state index contributed by atoms with van der Waals surface area (Å²) in [6, 6.07) is 3.24. The van der Waals surface area contributed by atoms with E-state index in [1.807, 2.05) is 13.0 Å². The highest BCUT2D eigenvalue weighted by atomic mass is 79.9. The summed E-state index contributed by atoms with van der Waals surface area (Å²) in [6.07, 6.45) is 5.52. The maximum atomic E-state index is 12.9. The average molecular weight is 538 g/mol. The van der Waals surface area contributed by atoms with Gasteiger partial charge in [-0.15, -0.1) is 11.3 Å². The highest BCUT2D eigenvalue weighted by Crippen LogP contribution is 2.32. The van der Waals surface area contributed by atoms with Crippen molar-refractivity contribution in [2.24, 2.45) is 5.92 Å². The number of carbonyl (C=O) groups is 2. The fourth-order valence-corrected chi connectivity index (χ4v) is 5.21. The van der Waals surface area contributed by atoms with Crippen molar-refractivity contribution in [3.05, 3.63) is 66.0 Å². The first-order valence-electron chi connectivity index (χ1n) is 10.5. The van der Waals surface area contributed by atoms with Gasteiger partial charge in [0, 0.05) is 32.4 Å². The largest absolute Gasteiger partial charge is 0.507 e. The van der Waals surface area contributed by atoms with Crippen molar-refractivity contribution >= 4 is 45.2 Å². The van der Waals surface area contributed by atoms with Gasteiger partial charge in [0.1, 0.15) is 17.1 Å². The van der Waals surface area contributed by atoms with E-state index < -0.39 is 23.3 Å². The van der Waals surface area contributed by atoms with Gasteiger partial charge in [-0.3, -0.25) is 10.1 Å². The van der Waals surface area contributed by atoms with Crippen LogP contribution in [0.5, 0.6) is 5.75 Å². The van der Waals surface area contributed by atoms with E-state index in [1.165, 1.54) is 17.1 Å². The van der Waals surface area contributed by atoms with Gasteiger partial charge in [-0.1, -0.05) is 26.8 Å². The van der Waals surface area contributed by atoms with Crippen LogP contribution >= 0.6 is 27.3 Å². The summed E-state index contributed by atoms with van der Waals surface area (Å²) in [7, 11) is 0. The van der Waals surface area contributed by atoms with E-state index in [2.05, 4.69) is 35.1 Å². The zero-order chi connectivity index (χ0) is 24.7. The van der Waals surface area contributed by atoms with Crippen molar-refractivity contribution in [3.8, 4) is 5.75 Å². The number of carboxylic acid groups (broad SMARTS) is 1. The van der Waals surface area contributed by atoms with Crippen LogP contribution in [-0.2, 0) is 6.42 Å². The van der Waals surface area contributed by atoms with Crippen LogP contribution < -0.4 is 10.9 Å².